The minimum Gasteiger partial charge on any atom is -0.236 e. The Morgan fingerprint density at radius 3 is 1.16 bits per heavy atom. The van der Waals surface area contributed by atoms with Crippen molar-refractivity contribution < 1.29 is 0 Å². The summed E-state index contributed by atoms with van der Waals surface area (Å²) in [5, 5.41) is 6.95. The lowest BCUT2D eigenvalue weighted by atomic mass is 9.88. The van der Waals surface area contributed by atoms with E-state index in [1.54, 1.807) is 22.7 Å². The second-order valence-electron chi connectivity index (χ2n) is 12.6. The highest BCUT2D eigenvalue weighted by Crippen LogP contribution is 2.43. The number of aromatic nitrogens is 2. The van der Waals surface area contributed by atoms with Crippen molar-refractivity contribution in [3.8, 4) is 54.5 Å². The van der Waals surface area contributed by atoms with Crippen LogP contribution in [-0.2, 0) is 0 Å². The van der Waals surface area contributed by atoms with Crippen molar-refractivity contribution in [2.75, 3.05) is 0 Å². The summed E-state index contributed by atoms with van der Waals surface area (Å²) in [4.78, 5) is 10.1. The van der Waals surface area contributed by atoms with Crippen molar-refractivity contribution in [3.63, 3.8) is 0 Å². The van der Waals surface area contributed by atoms with Gasteiger partial charge in [-0.1, -0.05) is 127 Å². The Balaban J connectivity index is 1.18. The fourth-order valence-corrected chi connectivity index (χ4v) is 9.20. The van der Waals surface area contributed by atoms with Crippen LogP contribution in [0.25, 0.3) is 96.5 Å². The summed E-state index contributed by atoms with van der Waals surface area (Å²) in [7, 11) is 0. The summed E-state index contributed by atoms with van der Waals surface area (Å²) in [5.74, 6) is 0. The first-order chi connectivity index (χ1) is 24.8. The van der Waals surface area contributed by atoms with Gasteiger partial charge in [0.2, 0.25) is 0 Å². The molecule has 0 bridgehead atoms. The number of para-hydroxylation sites is 2. The van der Waals surface area contributed by atoms with E-state index in [9.17, 15) is 0 Å². The van der Waals surface area contributed by atoms with Gasteiger partial charge in [0.1, 0.15) is 10.0 Å². The van der Waals surface area contributed by atoms with Crippen LogP contribution in [0.2, 0.25) is 0 Å². The average Bonchev–Trinajstić information content (AvgIpc) is 3.82. The molecule has 10 aromatic rings. The van der Waals surface area contributed by atoms with Crippen LogP contribution in [-0.4, -0.2) is 9.97 Å². The summed E-state index contributed by atoms with van der Waals surface area (Å²) in [6.07, 6.45) is 0. The number of benzene rings is 8. The smallest absolute Gasteiger partial charge is 0.125 e. The van der Waals surface area contributed by atoms with Crippen LogP contribution in [0.15, 0.2) is 170 Å². The zero-order valence-electron chi connectivity index (χ0n) is 26.9. The molecule has 0 saturated carbocycles. The van der Waals surface area contributed by atoms with E-state index in [0.717, 1.165) is 21.0 Å². The van der Waals surface area contributed by atoms with Gasteiger partial charge in [-0.05, 0) is 97.4 Å². The highest BCUT2D eigenvalue weighted by atomic mass is 32.1. The van der Waals surface area contributed by atoms with Crippen LogP contribution in [0.1, 0.15) is 0 Å². The van der Waals surface area contributed by atoms with Gasteiger partial charge in [0, 0.05) is 11.1 Å². The number of nitrogens with zero attached hydrogens (tertiary/aromatic N) is 2. The first-order valence-corrected chi connectivity index (χ1v) is 18.4. The zero-order chi connectivity index (χ0) is 33.0. The highest BCUT2D eigenvalue weighted by molar-refractivity contribution is 7.22. The van der Waals surface area contributed by atoms with Gasteiger partial charge in [-0.25, -0.2) is 9.97 Å². The van der Waals surface area contributed by atoms with Gasteiger partial charge in [0.15, 0.2) is 0 Å². The molecule has 10 rings (SSSR count). The molecule has 0 aliphatic heterocycles. The zero-order valence-corrected chi connectivity index (χ0v) is 28.5. The van der Waals surface area contributed by atoms with E-state index in [1.807, 2.05) is 0 Å². The average molecular weight is 673 g/mol. The maximum Gasteiger partial charge on any atom is 0.125 e. The van der Waals surface area contributed by atoms with E-state index >= 15 is 0 Å². The number of hydrogen-bond donors (Lipinski definition) is 0. The predicted octanol–water partition coefficient (Wildman–Crippen LogP) is 13.5. The van der Waals surface area contributed by atoms with Crippen LogP contribution in [0.3, 0.4) is 0 Å². The highest BCUT2D eigenvalue weighted by Gasteiger charge is 2.17. The third-order valence-electron chi connectivity index (χ3n) is 9.56. The van der Waals surface area contributed by atoms with E-state index in [2.05, 4.69) is 170 Å². The lowest BCUT2D eigenvalue weighted by Crippen LogP contribution is -1.90. The molecule has 0 N–H and O–H groups in total. The fourth-order valence-electron chi connectivity index (χ4n) is 7.19. The summed E-state index contributed by atoms with van der Waals surface area (Å²) < 4.78 is 2.41. The Kier molecular flexibility index (Phi) is 6.90. The molecule has 4 heteroatoms. The molecular formula is C46H28N2S2. The van der Waals surface area contributed by atoms with Gasteiger partial charge in [0.05, 0.1) is 20.4 Å². The molecule has 0 fully saturated rings. The van der Waals surface area contributed by atoms with E-state index in [4.69, 9.17) is 9.97 Å². The van der Waals surface area contributed by atoms with Crippen molar-refractivity contribution in [2.45, 2.75) is 0 Å². The molecule has 0 spiro atoms. The Bertz CT molecular complexity index is 2640. The van der Waals surface area contributed by atoms with Gasteiger partial charge >= 0.3 is 0 Å². The Morgan fingerprint density at radius 1 is 0.300 bits per heavy atom. The Morgan fingerprint density at radius 2 is 0.680 bits per heavy atom. The molecule has 2 aromatic heterocycles. The molecule has 0 saturated heterocycles. The summed E-state index contributed by atoms with van der Waals surface area (Å²) in [6.45, 7) is 0. The molecule has 0 radical (unpaired) electrons. The Labute approximate surface area is 297 Å². The van der Waals surface area contributed by atoms with E-state index in [1.165, 1.54) is 75.5 Å². The summed E-state index contributed by atoms with van der Waals surface area (Å²) in [5.41, 5.74) is 11.6. The van der Waals surface area contributed by atoms with Crippen LogP contribution in [0, 0.1) is 0 Å². The SMILES string of the molecule is c1ccc(-c2cc(-c3ccc(-c4nc5ccccc5s4)c4ccccc34)cc(-c3ccc(-c4nc5ccccc5s4)c4ccccc34)c2)cc1. The van der Waals surface area contributed by atoms with Crippen LogP contribution >= 0.6 is 22.7 Å². The van der Waals surface area contributed by atoms with E-state index in [-0.39, 0.29) is 0 Å². The third kappa shape index (κ3) is 4.92. The molecule has 0 aliphatic rings. The van der Waals surface area contributed by atoms with Gasteiger partial charge in [-0.3, -0.25) is 0 Å². The Hall–Kier alpha value is -5.94. The quantitative estimate of drug-likeness (QED) is 0.182. The normalized spacial score (nSPS) is 11.6. The number of fused-ring (bicyclic) bond motifs is 4. The van der Waals surface area contributed by atoms with Crippen LogP contribution < -0.4 is 0 Å². The van der Waals surface area contributed by atoms with Gasteiger partial charge in [-0.15, -0.1) is 22.7 Å². The van der Waals surface area contributed by atoms with Crippen molar-refractivity contribution in [3.05, 3.63) is 170 Å². The molecule has 8 aromatic carbocycles. The standard InChI is InChI=1S/C46H28N2S2/c1-2-12-29(13-3-1)30-26-31(33-22-24-39(37-16-6-4-14-35(33)37)45-47-41-18-8-10-20-43(41)49-45)28-32(27-30)34-23-25-40(38-17-7-5-15-36(34)38)46-48-42-19-9-11-21-44(42)50-46/h1-28H. The maximum absolute atomic E-state index is 5.03. The minimum absolute atomic E-state index is 1.04. The largest absolute Gasteiger partial charge is 0.236 e. The molecule has 2 heterocycles. The van der Waals surface area contributed by atoms with Crippen LogP contribution in [0.5, 0.6) is 0 Å². The monoisotopic (exact) mass is 672 g/mol. The number of rotatable bonds is 5. The van der Waals surface area contributed by atoms with Crippen molar-refractivity contribution in [1.29, 1.82) is 0 Å². The van der Waals surface area contributed by atoms with Crippen molar-refractivity contribution >= 4 is 64.7 Å². The minimum atomic E-state index is 1.04. The lowest BCUT2D eigenvalue weighted by molar-refractivity contribution is 1.49. The molecule has 0 unspecified atom stereocenters. The molecule has 0 atom stereocenters. The fraction of sp³-hybridized carbons (Fsp3) is 0. The topological polar surface area (TPSA) is 25.8 Å². The molecule has 2 nitrogen and oxygen atoms in total. The van der Waals surface area contributed by atoms with Crippen molar-refractivity contribution in [1.82, 2.24) is 9.97 Å². The predicted molar refractivity (Wildman–Crippen MR) is 215 cm³/mol. The summed E-state index contributed by atoms with van der Waals surface area (Å²) in [6, 6.07) is 61.1. The molecular weight excluding hydrogens is 645 g/mol. The lowest BCUT2D eigenvalue weighted by Gasteiger charge is -2.16. The van der Waals surface area contributed by atoms with Gasteiger partial charge < -0.3 is 0 Å². The third-order valence-corrected chi connectivity index (χ3v) is 11.7. The van der Waals surface area contributed by atoms with Crippen molar-refractivity contribution in [2.24, 2.45) is 0 Å². The van der Waals surface area contributed by atoms with E-state index < -0.39 is 0 Å². The first-order valence-electron chi connectivity index (χ1n) is 16.7. The second kappa shape index (κ2) is 11.9. The van der Waals surface area contributed by atoms with E-state index in [0.29, 0.717) is 0 Å². The number of thiazole rings is 2. The second-order valence-corrected chi connectivity index (χ2v) is 14.6. The number of hydrogen-bond acceptors (Lipinski definition) is 4. The molecule has 0 amide bonds. The molecule has 234 valence electrons. The molecule has 0 aliphatic carbocycles. The first kappa shape index (κ1) is 29.0. The molecule has 50 heavy (non-hydrogen) atoms. The maximum atomic E-state index is 5.03. The van der Waals surface area contributed by atoms with Gasteiger partial charge in [-0.2, -0.15) is 0 Å². The summed E-state index contributed by atoms with van der Waals surface area (Å²) >= 11 is 3.51. The van der Waals surface area contributed by atoms with Crippen LogP contribution in [0.4, 0.5) is 0 Å². The van der Waals surface area contributed by atoms with Gasteiger partial charge in [0.25, 0.3) is 0 Å².